The molecule has 130 valence electrons. The molecule has 1 fully saturated rings. The van der Waals surface area contributed by atoms with Crippen LogP contribution in [0.3, 0.4) is 0 Å². The molecule has 0 aromatic heterocycles. The van der Waals surface area contributed by atoms with Crippen molar-refractivity contribution in [1.82, 2.24) is 4.90 Å². The lowest BCUT2D eigenvalue weighted by Gasteiger charge is -2.26. The lowest BCUT2D eigenvalue weighted by Crippen LogP contribution is -2.32. The minimum atomic E-state index is 0.0937. The summed E-state index contributed by atoms with van der Waals surface area (Å²) in [7, 11) is 0. The third-order valence-electron chi connectivity index (χ3n) is 4.49. The first kappa shape index (κ1) is 18.3. The predicted octanol–water partition coefficient (Wildman–Crippen LogP) is 4.17. The minimum absolute atomic E-state index is 0.0937. The zero-order chi connectivity index (χ0) is 16.7. The molecule has 3 nitrogen and oxygen atoms in total. The summed E-state index contributed by atoms with van der Waals surface area (Å²) in [5, 5.41) is 0. The maximum absolute atomic E-state index is 6.05. The molecule has 1 aromatic rings. The Labute approximate surface area is 142 Å². The average molecular weight is 319 g/mol. The molecular formula is C20H33NO2. The van der Waals surface area contributed by atoms with E-state index in [9.17, 15) is 0 Å². The van der Waals surface area contributed by atoms with E-state index in [0.29, 0.717) is 13.2 Å². The van der Waals surface area contributed by atoms with Crippen LogP contribution in [0.5, 0.6) is 5.75 Å². The third kappa shape index (κ3) is 5.82. The molecule has 1 heterocycles. The number of hydrogen-bond acceptors (Lipinski definition) is 3. The molecule has 0 radical (unpaired) electrons. The van der Waals surface area contributed by atoms with Gasteiger partial charge in [0.1, 0.15) is 12.4 Å². The maximum atomic E-state index is 6.05. The van der Waals surface area contributed by atoms with E-state index < -0.39 is 0 Å². The van der Waals surface area contributed by atoms with Gasteiger partial charge in [0.2, 0.25) is 0 Å². The molecule has 3 heteroatoms. The summed E-state index contributed by atoms with van der Waals surface area (Å²) >= 11 is 0. The zero-order valence-electron chi connectivity index (χ0n) is 15.4. The lowest BCUT2D eigenvalue weighted by molar-refractivity contribution is 0.0745. The van der Waals surface area contributed by atoms with Crippen LogP contribution in [-0.2, 0) is 10.2 Å². The Hall–Kier alpha value is -1.06. The van der Waals surface area contributed by atoms with Crippen LogP contribution in [0, 0.1) is 6.92 Å². The third-order valence-corrected chi connectivity index (χ3v) is 4.49. The molecule has 0 spiro atoms. The molecule has 1 aliphatic heterocycles. The summed E-state index contributed by atoms with van der Waals surface area (Å²) in [6, 6.07) is 6.39. The Morgan fingerprint density at radius 3 is 2.43 bits per heavy atom. The van der Waals surface area contributed by atoms with Crippen LogP contribution in [0.25, 0.3) is 0 Å². The van der Waals surface area contributed by atoms with Gasteiger partial charge in [0.25, 0.3) is 0 Å². The standard InChI is InChI=1S/C20H33NO2/c1-17-9-8-10-18(20(2,3)4)19(17)23-16-15-22-14-13-21-11-6-5-7-12-21/h8-10H,5-7,11-16H2,1-4H3. The second-order valence-electron chi connectivity index (χ2n) is 7.56. The predicted molar refractivity (Wildman–Crippen MR) is 96.5 cm³/mol. The van der Waals surface area contributed by atoms with Crippen molar-refractivity contribution in [1.29, 1.82) is 0 Å². The first-order valence-electron chi connectivity index (χ1n) is 9.01. The van der Waals surface area contributed by atoms with Crippen molar-refractivity contribution in [3.8, 4) is 5.75 Å². The van der Waals surface area contributed by atoms with Gasteiger partial charge in [-0.3, -0.25) is 0 Å². The number of aryl methyl sites for hydroxylation is 1. The fourth-order valence-electron chi connectivity index (χ4n) is 3.12. The van der Waals surface area contributed by atoms with Gasteiger partial charge in [0.15, 0.2) is 0 Å². The molecule has 0 N–H and O–H groups in total. The normalized spacial score (nSPS) is 16.5. The van der Waals surface area contributed by atoms with Crippen molar-refractivity contribution >= 4 is 0 Å². The second-order valence-corrected chi connectivity index (χ2v) is 7.56. The number of likely N-dealkylation sites (tertiary alicyclic amines) is 1. The molecule has 1 aromatic carbocycles. The Kier molecular flexibility index (Phi) is 6.91. The van der Waals surface area contributed by atoms with Crippen molar-refractivity contribution in [3.63, 3.8) is 0 Å². The van der Waals surface area contributed by atoms with Gasteiger partial charge in [-0.15, -0.1) is 0 Å². The Morgan fingerprint density at radius 2 is 1.74 bits per heavy atom. The first-order chi connectivity index (χ1) is 11.0. The summed E-state index contributed by atoms with van der Waals surface area (Å²) in [5.41, 5.74) is 2.56. The molecule has 0 amide bonds. The SMILES string of the molecule is Cc1cccc(C(C)(C)C)c1OCCOCCN1CCCCC1. The largest absolute Gasteiger partial charge is 0.491 e. The highest BCUT2D eigenvalue weighted by molar-refractivity contribution is 5.44. The minimum Gasteiger partial charge on any atom is -0.491 e. The van der Waals surface area contributed by atoms with Gasteiger partial charge in [-0.25, -0.2) is 0 Å². The Morgan fingerprint density at radius 1 is 1.00 bits per heavy atom. The molecule has 0 saturated carbocycles. The van der Waals surface area contributed by atoms with E-state index in [1.807, 2.05) is 0 Å². The number of hydrogen-bond donors (Lipinski definition) is 0. The monoisotopic (exact) mass is 319 g/mol. The summed E-state index contributed by atoms with van der Waals surface area (Å²) in [6.07, 6.45) is 4.07. The highest BCUT2D eigenvalue weighted by atomic mass is 16.5. The molecule has 0 unspecified atom stereocenters. The van der Waals surface area contributed by atoms with E-state index in [4.69, 9.17) is 9.47 Å². The van der Waals surface area contributed by atoms with Crippen LogP contribution in [0.2, 0.25) is 0 Å². The van der Waals surface area contributed by atoms with E-state index in [0.717, 1.165) is 18.9 Å². The van der Waals surface area contributed by atoms with Gasteiger partial charge >= 0.3 is 0 Å². The number of para-hydroxylation sites is 1. The molecule has 1 aliphatic rings. The molecule has 0 atom stereocenters. The first-order valence-corrected chi connectivity index (χ1v) is 9.01. The van der Waals surface area contributed by atoms with E-state index in [1.165, 1.54) is 43.5 Å². The molecule has 2 rings (SSSR count). The number of nitrogens with zero attached hydrogens (tertiary/aromatic N) is 1. The molecular weight excluding hydrogens is 286 g/mol. The highest BCUT2D eigenvalue weighted by Crippen LogP contribution is 2.33. The number of ether oxygens (including phenoxy) is 2. The van der Waals surface area contributed by atoms with Crippen molar-refractivity contribution < 1.29 is 9.47 Å². The molecule has 0 aliphatic carbocycles. The summed E-state index contributed by atoms with van der Waals surface area (Å²) in [5.74, 6) is 1.03. The lowest BCUT2D eigenvalue weighted by atomic mass is 9.85. The van der Waals surface area contributed by atoms with E-state index in [2.05, 4.69) is 50.8 Å². The number of benzene rings is 1. The van der Waals surface area contributed by atoms with Crippen molar-refractivity contribution in [2.45, 2.75) is 52.4 Å². The summed E-state index contributed by atoms with van der Waals surface area (Å²) in [4.78, 5) is 2.50. The van der Waals surface area contributed by atoms with Crippen molar-refractivity contribution in [2.75, 3.05) is 39.5 Å². The fourth-order valence-corrected chi connectivity index (χ4v) is 3.12. The smallest absolute Gasteiger partial charge is 0.126 e. The molecule has 1 saturated heterocycles. The maximum Gasteiger partial charge on any atom is 0.126 e. The van der Waals surface area contributed by atoms with Crippen LogP contribution < -0.4 is 4.74 Å². The average Bonchev–Trinajstić information content (AvgIpc) is 2.52. The van der Waals surface area contributed by atoms with Gasteiger partial charge in [-0.1, -0.05) is 45.4 Å². The number of piperidine rings is 1. The Bertz CT molecular complexity index is 473. The van der Waals surface area contributed by atoms with Gasteiger partial charge in [0.05, 0.1) is 13.2 Å². The van der Waals surface area contributed by atoms with E-state index in [1.54, 1.807) is 0 Å². The van der Waals surface area contributed by atoms with Crippen LogP contribution >= 0.6 is 0 Å². The fraction of sp³-hybridized carbons (Fsp3) is 0.700. The number of rotatable bonds is 7. The van der Waals surface area contributed by atoms with Crippen molar-refractivity contribution in [2.24, 2.45) is 0 Å². The molecule has 23 heavy (non-hydrogen) atoms. The summed E-state index contributed by atoms with van der Waals surface area (Å²) in [6.45, 7) is 14.4. The zero-order valence-corrected chi connectivity index (χ0v) is 15.4. The van der Waals surface area contributed by atoms with Crippen molar-refractivity contribution in [3.05, 3.63) is 29.3 Å². The van der Waals surface area contributed by atoms with Crippen LogP contribution in [-0.4, -0.2) is 44.4 Å². The quantitative estimate of drug-likeness (QED) is 0.704. The van der Waals surface area contributed by atoms with Gasteiger partial charge in [0, 0.05) is 6.54 Å². The topological polar surface area (TPSA) is 21.7 Å². The highest BCUT2D eigenvalue weighted by Gasteiger charge is 2.20. The molecule has 0 bridgehead atoms. The van der Waals surface area contributed by atoms with Crippen LogP contribution in [0.1, 0.15) is 51.2 Å². The van der Waals surface area contributed by atoms with Gasteiger partial charge in [-0.05, 0) is 49.4 Å². The van der Waals surface area contributed by atoms with E-state index >= 15 is 0 Å². The summed E-state index contributed by atoms with van der Waals surface area (Å²) < 4.78 is 11.8. The second kappa shape index (κ2) is 8.70. The van der Waals surface area contributed by atoms with Crippen LogP contribution in [0.15, 0.2) is 18.2 Å². The van der Waals surface area contributed by atoms with Gasteiger partial charge in [-0.2, -0.15) is 0 Å². The van der Waals surface area contributed by atoms with E-state index in [-0.39, 0.29) is 5.41 Å². The van der Waals surface area contributed by atoms with Crippen LogP contribution in [0.4, 0.5) is 0 Å². The Balaban J connectivity index is 1.72. The van der Waals surface area contributed by atoms with Gasteiger partial charge < -0.3 is 14.4 Å².